The molecule has 8 aromatic rings. The Morgan fingerprint density at radius 2 is 1.12 bits per heavy atom. The van der Waals surface area contributed by atoms with E-state index in [9.17, 15) is 0 Å². The van der Waals surface area contributed by atoms with Crippen LogP contribution in [0.5, 0.6) is 0 Å². The maximum atomic E-state index is 6.56. The molecule has 40 heavy (non-hydrogen) atoms. The zero-order valence-corrected chi connectivity index (χ0v) is 21.8. The SMILES string of the molecule is c1ccc(-c2cccc(N(c3ccc4ccccc4c3)c3cccc4oc5c6ccccc6ccc5c34)c2)cc1. The van der Waals surface area contributed by atoms with Crippen LogP contribution < -0.4 is 4.90 Å². The van der Waals surface area contributed by atoms with E-state index >= 15 is 0 Å². The molecule has 0 unspecified atom stereocenters. The van der Waals surface area contributed by atoms with Gasteiger partial charge in [0.05, 0.1) is 11.1 Å². The fraction of sp³-hybridized carbons (Fsp3) is 0. The molecule has 1 aromatic heterocycles. The highest BCUT2D eigenvalue weighted by atomic mass is 16.3. The minimum absolute atomic E-state index is 0.883. The Morgan fingerprint density at radius 3 is 2.02 bits per heavy atom. The zero-order chi connectivity index (χ0) is 26.5. The fourth-order valence-electron chi connectivity index (χ4n) is 5.92. The first-order valence-corrected chi connectivity index (χ1v) is 13.6. The predicted octanol–water partition coefficient (Wildman–Crippen LogP) is 11.0. The summed E-state index contributed by atoms with van der Waals surface area (Å²) in [7, 11) is 0. The minimum atomic E-state index is 0.883. The van der Waals surface area contributed by atoms with Crippen LogP contribution in [0.3, 0.4) is 0 Å². The van der Waals surface area contributed by atoms with Gasteiger partial charge in [-0.25, -0.2) is 0 Å². The Bertz CT molecular complexity index is 2170. The summed E-state index contributed by atoms with van der Waals surface area (Å²) in [5, 5.41) is 6.97. The van der Waals surface area contributed by atoms with Crippen LogP contribution in [0.4, 0.5) is 17.1 Å². The topological polar surface area (TPSA) is 16.4 Å². The number of anilines is 3. The third-order valence-electron chi connectivity index (χ3n) is 7.81. The van der Waals surface area contributed by atoms with Crippen molar-refractivity contribution in [2.75, 3.05) is 4.90 Å². The molecule has 0 saturated carbocycles. The Labute approximate surface area is 232 Å². The molecule has 0 aliphatic carbocycles. The standard InChI is InChI=1S/C38H25NO/c1-2-10-26(11-3-1)30-15-8-16-31(24-30)39(32-22-20-27-12-4-5-14-29(27)25-32)35-18-9-19-36-37(35)34-23-21-28-13-6-7-17-33(28)38(34)40-36/h1-25H. The van der Waals surface area contributed by atoms with Gasteiger partial charge < -0.3 is 9.32 Å². The highest BCUT2D eigenvalue weighted by molar-refractivity contribution is 6.19. The summed E-state index contributed by atoms with van der Waals surface area (Å²) in [6.07, 6.45) is 0. The van der Waals surface area contributed by atoms with Crippen molar-refractivity contribution in [2.45, 2.75) is 0 Å². The quantitative estimate of drug-likeness (QED) is 0.234. The molecule has 0 fully saturated rings. The van der Waals surface area contributed by atoms with Gasteiger partial charge in [-0.1, -0.05) is 109 Å². The molecule has 0 atom stereocenters. The highest BCUT2D eigenvalue weighted by Gasteiger charge is 2.20. The largest absolute Gasteiger partial charge is 0.455 e. The van der Waals surface area contributed by atoms with Crippen LogP contribution in [0, 0.1) is 0 Å². The maximum absolute atomic E-state index is 6.56. The van der Waals surface area contributed by atoms with Gasteiger partial charge in [-0.05, 0) is 69.8 Å². The highest BCUT2D eigenvalue weighted by Crippen LogP contribution is 2.45. The van der Waals surface area contributed by atoms with E-state index in [2.05, 4.69) is 157 Å². The van der Waals surface area contributed by atoms with Crippen LogP contribution in [0.1, 0.15) is 0 Å². The van der Waals surface area contributed by atoms with Gasteiger partial charge in [0.1, 0.15) is 11.2 Å². The van der Waals surface area contributed by atoms with Crippen molar-refractivity contribution in [3.63, 3.8) is 0 Å². The van der Waals surface area contributed by atoms with Gasteiger partial charge in [0.25, 0.3) is 0 Å². The van der Waals surface area contributed by atoms with Crippen LogP contribution in [0.25, 0.3) is 54.6 Å². The van der Waals surface area contributed by atoms with Gasteiger partial charge in [-0.3, -0.25) is 0 Å². The summed E-state index contributed by atoms with van der Waals surface area (Å²) in [6.45, 7) is 0. The summed E-state index contributed by atoms with van der Waals surface area (Å²) in [4.78, 5) is 2.37. The lowest BCUT2D eigenvalue weighted by atomic mass is 10.0. The summed E-state index contributed by atoms with van der Waals surface area (Å²) < 4.78 is 6.56. The van der Waals surface area contributed by atoms with Crippen molar-refractivity contribution < 1.29 is 4.42 Å². The van der Waals surface area contributed by atoms with Crippen molar-refractivity contribution in [1.82, 2.24) is 0 Å². The van der Waals surface area contributed by atoms with Crippen LogP contribution >= 0.6 is 0 Å². The van der Waals surface area contributed by atoms with Gasteiger partial charge in [0, 0.05) is 22.1 Å². The van der Waals surface area contributed by atoms with E-state index < -0.39 is 0 Å². The van der Waals surface area contributed by atoms with E-state index in [1.54, 1.807) is 0 Å². The summed E-state index contributed by atoms with van der Waals surface area (Å²) in [6, 6.07) is 53.8. The third-order valence-corrected chi connectivity index (χ3v) is 7.81. The normalized spacial score (nSPS) is 11.5. The van der Waals surface area contributed by atoms with Crippen LogP contribution in [0.15, 0.2) is 156 Å². The number of furan rings is 1. The van der Waals surface area contributed by atoms with Crippen LogP contribution in [-0.2, 0) is 0 Å². The number of hydrogen-bond acceptors (Lipinski definition) is 2. The molecule has 0 N–H and O–H groups in total. The molecule has 2 nitrogen and oxygen atoms in total. The molecule has 2 heteroatoms. The number of nitrogens with zero attached hydrogens (tertiary/aromatic N) is 1. The Kier molecular flexibility index (Phi) is 5.17. The smallest absolute Gasteiger partial charge is 0.143 e. The van der Waals surface area contributed by atoms with Gasteiger partial charge in [-0.2, -0.15) is 0 Å². The van der Waals surface area contributed by atoms with Gasteiger partial charge in [-0.15, -0.1) is 0 Å². The molecule has 188 valence electrons. The fourth-order valence-corrected chi connectivity index (χ4v) is 5.92. The molecule has 0 radical (unpaired) electrons. The molecule has 8 rings (SSSR count). The second-order valence-electron chi connectivity index (χ2n) is 10.2. The predicted molar refractivity (Wildman–Crippen MR) is 169 cm³/mol. The van der Waals surface area contributed by atoms with E-state index in [0.29, 0.717) is 0 Å². The summed E-state index contributed by atoms with van der Waals surface area (Å²) >= 11 is 0. The molecule has 0 aliphatic rings. The average molecular weight is 512 g/mol. The number of hydrogen-bond donors (Lipinski definition) is 0. The molecular weight excluding hydrogens is 486 g/mol. The first-order chi connectivity index (χ1) is 19.8. The first kappa shape index (κ1) is 22.6. The molecular formula is C38H25NO. The van der Waals surface area contributed by atoms with E-state index in [-0.39, 0.29) is 0 Å². The lowest BCUT2D eigenvalue weighted by molar-refractivity contribution is 0.672. The minimum Gasteiger partial charge on any atom is -0.455 e. The van der Waals surface area contributed by atoms with Gasteiger partial charge >= 0.3 is 0 Å². The van der Waals surface area contributed by atoms with Crippen molar-refractivity contribution in [1.29, 1.82) is 0 Å². The van der Waals surface area contributed by atoms with E-state index in [1.165, 1.54) is 27.3 Å². The van der Waals surface area contributed by atoms with Crippen molar-refractivity contribution >= 4 is 60.5 Å². The molecule has 0 bridgehead atoms. The number of benzene rings is 7. The van der Waals surface area contributed by atoms with Gasteiger partial charge in [0.2, 0.25) is 0 Å². The first-order valence-electron chi connectivity index (χ1n) is 13.6. The number of fused-ring (bicyclic) bond motifs is 6. The van der Waals surface area contributed by atoms with Crippen molar-refractivity contribution in [3.05, 3.63) is 152 Å². The lowest BCUT2D eigenvalue weighted by Gasteiger charge is -2.27. The number of rotatable bonds is 4. The van der Waals surface area contributed by atoms with E-state index in [4.69, 9.17) is 4.42 Å². The van der Waals surface area contributed by atoms with E-state index in [0.717, 1.165) is 44.4 Å². The van der Waals surface area contributed by atoms with Crippen molar-refractivity contribution in [3.8, 4) is 11.1 Å². The van der Waals surface area contributed by atoms with Crippen LogP contribution in [-0.4, -0.2) is 0 Å². The molecule has 1 heterocycles. The zero-order valence-electron chi connectivity index (χ0n) is 21.8. The Hall–Kier alpha value is -5.34. The molecule has 0 aliphatic heterocycles. The molecule has 7 aromatic carbocycles. The second-order valence-corrected chi connectivity index (χ2v) is 10.2. The summed E-state index contributed by atoms with van der Waals surface area (Å²) in [5.74, 6) is 0. The van der Waals surface area contributed by atoms with E-state index in [1.807, 2.05) is 0 Å². The Balaban J connectivity index is 1.42. The van der Waals surface area contributed by atoms with Gasteiger partial charge in [0.15, 0.2) is 0 Å². The third kappa shape index (κ3) is 3.65. The molecule has 0 amide bonds. The van der Waals surface area contributed by atoms with Crippen molar-refractivity contribution in [2.24, 2.45) is 0 Å². The molecule has 0 spiro atoms. The average Bonchev–Trinajstić information content (AvgIpc) is 3.42. The Morgan fingerprint density at radius 1 is 0.425 bits per heavy atom. The lowest BCUT2D eigenvalue weighted by Crippen LogP contribution is -2.10. The summed E-state index contributed by atoms with van der Waals surface area (Å²) in [5.41, 5.74) is 7.48. The second kappa shape index (κ2) is 9.14. The maximum Gasteiger partial charge on any atom is 0.143 e. The van der Waals surface area contributed by atoms with Crippen LogP contribution in [0.2, 0.25) is 0 Å². The molecule has 0 saturated heterocycles. The monoisotopic (exact) mass is 511 g/mol.